The molecular weight excluding hydrogens is 677 g/mol. The van der Waals surface area contributed by atoms with Crippen molar-refractivity contribution in [2.45, 2.75) is 0 Å². The van der Waals surface area contributed by atoms with Gasteiger partial charge in [0.05, 0.1) is 28.1 Å². The number of rotatable bonds is 8. The summed E-state index contributed by atoms with van der Waals surface area (Å²) >= 11 is 0. The van der Waals surface area contributed by atoms with Gasteiger partial charge < -0.3 is 9.47 Å². The molecular formula is C54H38N2. The average molecular weight is 715 g/mol. The highest BCUT2D eigenvalue weighted by Gasteiger charge is 2.25. The van der Waals surface area contributed by atoms with Crippen LogP contribution < -0.4 is 4.90 Å². The summed E-state index contributed by atoms with van der Waals surface area (Å²) in [6, 6.07) is 83.1. The molecule has 0 bridgehead atoms. The van der Waals surface area contributed by atoms with Gasteiger partial charge in [-0.15, -0.1) is 0 Å². The average Bonchev–Trinajstić information content (AvgIpc) is 3.63. The van der Waals surface area contributed by atoms with E-state index < -0.39 is 0 Å². The van der Waals surface area contributed by atoms with Crippen LogP contribution >= 0.6 is 0 Å². The van der Waals surface area contributed by atoms with Crippen LogP contribution in [0.25, 0.3) is 72.0 Å². The third-order valence-electron chi connectivity index (χ3n) is 10.8. The third-order valence-corrected chi connectivity index (χ3v) is 10.8. The largest absolute Gasteiger partial charge is 0.309 e. The predicted molar refractivity (Wildman–Crippen MR) is 237 cm³/mol. The summed E-state index contributed by atoms with van der Waals surface area (Å²) in [6.45, 7) is 0. The van der Waals surface area contributed by atoms with Gasteiger partial charge >= 0.3 is 0 Å². The van der Waals surface area contributed by atoms with Crippen LogP contribution in [0, 0.1) is 0 Å². The first kappa shape index (κ1) is 33.2. The zero-order chi connectivity index (χ0) is 37.3. The molecule has 0 atom stereocenters. The number of fused-ring (bicyclic) bond motifs is 3. The minimum Gasteiger partial charge on any atom is -0.309 e. The van der Waals surface area contributed by atoms with Crippen LogP contribution in [0.5, 0.6) is 0 Å². The number of hydrogen-bond acceptors (Lipinski definition) is 1. The first-order chi connectivity index (χ1) is 27.8. The summed E-state index contributed by atoms with van der Waals surface area (Å²) in [6.07, 6.45) is 0. The van der Waals surface area contributed by atoms with Crippen molar-refractivity contribution >= 4 is 38.9 Å². The maximum absolute atomic E-state index is 2.50. The zero-order valence-electron chi connectivity index (χ0n) is 30.8. The molecule has 0 amide bonds. The van der Waals surface area contributed by atoms with Crippen molar-refractivity contribution in [3.05, 3.63) is 231 Å². The van der Waals surface area contributed by atoms with E-state index in [-0.39, 0.29) is 0 Å². The Morgan fingerprint density at radius 1 is 0.286 bits per heavy atom. The Bertz CT molecular complexity index is 2840. The van der Waals surface area contributed by atoms with E-state index in [4.69, 9.17) is 0 Å². The summed E-state index contributed by atoms with van der Waals surface area (Å²) in [5.41, 5.74) is 16.2. The van der Waals surface area contributed by atoms with Gasteiger partial charge in [0, 0.05) is 27.6 Å². The number of hydrogen-bond donors (Lipinski definition) is 0. The van der Waals surface area contributed by atoms with Crippen LogP contribution in [0.1, 0.15) is 0 Å². The molecule has 2 heteroatoms. The van der Waals surface area contributed by atoms with E-state index >= 15 is 0 Å². The molecule has 56 heavy (non-hydrogen) atoms. The molecule has 2 nitrogen and oxygen atoms in total. The minimum absolute atomic E-state index is 1.11. The highest BCUT2D eigenvalue weighted by molar-refractivity contribution is 6.17. The van der Waals surface area contributed by atoms with Crippen LogP contribution in [0.2, 0.25) is 0 Å². The van der Waals surface area contributed by atoms with Crippen molar-refractivity contribution in [1.82, 2.24) is 4.57 Å². The molecule has 0 spiro atoms. The van der Waals surface area contributed by atoms with Gasteiger partial charge in [-0.25, -0.2) is 0 Å². The van der Waals surface area contributed by atoms with Gasteiger partial charge in [-0.3, -0.25) is 0 Å². The van der Waals surface area contributed by atoms with E-state index in [9.17, 15) is 0 Å². The molecule has 9 aromatic carbocycles. The molecule has 0 aliphatic carbocycles. The van der Waals surface area contributed by atoms with Crippen molar-refractivity contribution in [1.29, 1.82) is 0 Å². The maximum Gasteiger partial charge on any atom is 0.0562 e. The molecule has 0 unspecified atom stereocenters. The fourth-order valence-electron chi connectivity index (χ4n) is 8.25. The molecule has 1 aromatic heterocycles. The predicted octanol–water partition coefficient (Wildman–Crippen LogP) is 14.9. The van der Waals surface area contributed by atoms with Crippen molar-refractivity contribution in [2.75, 3.05) is 4.90 Å². The molecule has 0 radical (unpaired) electrons. The Morgan fingerprint density at radius 3 is 1.29 bits per heavy atom. The summed E-state index contributed by atoms with van der Waals surface area (Å²) in [4.78, 5) is 2.50. The fourth-order valence-corrected chi connectivity index (χ4v) is 8.25. The Kier molecular flexibility index (Phi) is 8.55. The van der Waals surface area contributed by atoms with Crippen LogP contribution in [0.4, 0.5) is 17.1 Å². The van der Waals surface area contributed by atoms with Crippen molar-refractivity contribution < 1.29 is 0 Å². The summed E-state index contributed by atoms with van der Waals surface area (Å²) in [5.74, 6) is 0. The Labute approximate surface area is 327 Å². The third kappa shape index (κ3) is 5.95. The van der Waals surface area contributed by atoms with E-state index in [0.29, 0.717) is 0 Å². The van der Waals surface area contributed by atoms with Gasteiger partial charge in [0.25, 0.3) is 0 Å². The first-order valence-electron chi connectivity index (χ1n) is 19.2. The van der Waals surface area contributed by atoms with Crippen LogP contribution in [0.15, 0.2) is 231 Å². The second-order valence-corrected chi connectivity index (χ2v) is 14.1. The van der Waals surface area contributed by atoms with Crippen LogP contribution in [-0.2, 0) is 0 Å². The lowest BCUT2D eigenvalue weighted by molar-refractivity contribution is 1.18. The maximum atomic E-state index is 2.50. The number of anilines is 3. The Hall–Kier alpha value is -7.42. The van der Waals surface area contributed by atoms with Crippen LogP contribution in [0.3, 0.4) is 0 Å². The van der Waals surface area contributed by atoms with E-state index in [1.54, 1.807) is 0 Å². The molecule has 0 N–H and O–H groups in total. The molecule has 1 heterocycles. The second-order valence-electron chi connectivity index (χ2n) is 14.1. The van der Waals surface area contributed by atoms with E-state index in [0.717, 1.165) is 50.5 Å². The van der Waals surface area contributed by atoms with E-state index in [1.807, 2.05) is 0 Å². The van der Waals surface area contributed by atoms with Crippen molar-refractivity contribution in [2.24, 2.45) is 0 Å². The molecule has 0 saturated heterocycles. The SMILES string of the molecule is c1ccc(-c2cccc(-c3ccccc3N(c3ccccc3-c3cccc(-c4ccccc4)c3)c3cccc4c3c3ccccc3n4-c3ccccc3)c2)cc1. The standard InChI is InChI=1S/C54H38N2/c1-4-19-39(20-5-1)41-23-16-25-43(37-41)46-29-10-13-32-49(46)56(50-33-14-11-30-47(50)44-26-17-24-42(38-44)40-21-6-2-7-22-40)53-36-18-35-52-54(53)48-31-12-15-34-51(48)55(52)45-27-8-3-9-28-45/h1-38H. The van der Waals surface area contributed by atoms with E-state index in [1.165, 1.54) is 38.5 Å². The van der Waals surface area contributed by atoms with Gasteiger partial charge in [-0.1, -0.05) is 176 Å². The monoisotopic (exact) mass is 714 g/mol. The van der Waals surface area contributed by atoms with Crippen molar-refractivity contribution in [3.63, 3.8) is 0 Å². The number of para-hydroxylation sites is 4. The normalized spacial score (nSPS) is 11.2. The molecule has 0 aliphatic rings. The highest BCUT2D eigenvalue weighted by Crippen LogP contribution is 2.49. The quantitative estimate of drug-likeness (QED) is 0.152. The fraction of sp³-hybridized carbons (Fsp3) is 0. The second kappa shape index (κ2) is 14.4. The van der Waals surface area contributed by atoms with Crippen molar-refractivity contribution in [3.8, 4) is 50.2 Å². The number of nitrogens with zero attached hydrogens (tertiary/aromatic N) is 2. The summed E-state index contributed by atoms with van der Waals surface area (Å²) in [5, 5.41) is 2.41. The minimum atomic E-state index is 1.11. The van der Waals surface area contributed by atoms with Gasteiger partial charge in [0.1, 0.15) is 0 Å². The number of aromatic nitrogens is 1. The van der Waals surface area contributed by atoms with Gasteiger partial charge in [0.15, 0.2) is 0 Å². The summed E-state index contributed by atoms with van der Waals surface area (Å²) in [7, 11) is 0. The molecule has 264 valence electrons. The zero-order valence-corrected chi connectivity index (χ0v) is 30.8. The Balaban J connectivity index is 1.26. The smallest absolute Gasteiger partial charge is 0.0562 e. The molecule has 0 aliphatic heterocycles. The molecule has 10 aromatic rings. The topological polar surface area (TPSA) is 8.17 Å². The lowest BCUT2D eigenvalue weighted by Gasteiger charge is -2.31. The summed E-state index contributed by atoms with van der Waals surface area (Å²) < 4.78 is 2.40. The van der Waals surface area contributed by atoms with Gasteiger partial charge in [-0.05, 0) is 88.0 Å². The van der Waals surface area contributed by atoms with Crippen LogP contribution in [-0.4, -0.2) is 4.57 Å². The lowest BCUT2D eigenvalue weighted by Crippen LogP contribution is -2.13. The highest BCUT2D eigenvalue weighted by atomic mass is 15.2. The van der Waals surface area contributed by atoms with Gasteiger partial charge in [0.2, 0.25) is 0 Å². The molecule has 0 fully saturated rings. The number of benzene rings is 9. The van der Waals surface area contributed by atoms with Gasteiger partial charge in [-0.2, -0.15) is 0 Å². The molecule has 0 saturated carbocycles. The first-order valence-corrected chi connectivity index (χ1v) is 19.2. The molecule has 10 rings (SSSR count). The Morgan fingerprint density at radius 2 is 0.696 bits per heavy atom. The lowest BCUT2D eigenvalue weighted by atomic mass is 9.95. The van der Waals surface area contributed by atoms with E-state index in [2.05, 4.69) is 240 Å².